The lowest BCUT2D eigenvalue weighted by Crippen LogP contribution is -2.39. The summed E-state index contributed by atoms with van der Waals surface area (Å²) in [5, 5.41) is 28.7. The highest BCUT2D eigenvalue weighted by Gasteiger charge is 2.36. The van der Waals surface area contributed by atoms with Gasteiger partial charge in [0, 0.05) is 25.9 Å². The second-order valence-electron chi connectivity index (χ2n) is 5.52. The molecular formula is C17H22O6. The smallest absolute Gasteiger partial charge is 0.180 e. The molecular weight excluding hydrogens is 300 g/mol. The minimum absolute atomic E-state index is 0.0185. The molecule has 1 fully saturated rings. The third kappa shape index (κ3) is 4.10. The molecule has 0 radical (unpaired) electrons. The number of phenols is 2. The van der Waals surface area contributed by atoms with Crippen molar-refractivity contribution in [2.75, 3.05) is 7.11 Å². The van der Waals surface area contributed by atoms with Gasteiger partial charge in [0.1, 0.15) is 5.78 Å². The van der Waals surface area contributed by atoms with E-state index in [-0.39, 0.29) is 23.7 Å². The fourth-order valence-corrected chi connectivity index (χ4v) is 2.76. The molecule has 0 unspecified atom stereocenters. The van der Waals surface area contributed by atoms with Crippen LogP contribution in [-0.2, 0) is 20.7 Å². The predicted molar refractivity (Wildman–Crippen MR) is 82.9 cm³/mol. The van der Waals surface area contributed by atoms with Crippen LogP contribution in [0.15, 0.2) is 29.8 Å². The van der Waals surface area contributed by atoms with Crippen LogP contribution >= 0.6 is 0 Å². The Balaban J connectivity index is 2.04. The number of aliphatic hydroxyl groups is 1. The third-order valence-corrected chi connectivity index (χ3v) is 4.08. The van der Waals surface area contributed by atoms with Crippen LogP contribution in [0, 0.1) is 5.92 Å². The van der Waals surface area contributed by atoms with Crippen LogP contribution in [0.2, 0.25) is 0 Å². The predicted octanol–water partition coefficient (Wildman–Crippen LogP) is 1.87. The highest BCUT2D eigenvalue weighted by atomic mass is 16.7. The third-order valence-electron chi connectivity index (χ3n) is 4.08. The van der Waals surface area contributed by atoms with E-state index in [4.69, 9.17) is 9.47 Å². The molecule has 6 heteroatoms. The van der Waals surface area contributed by atoms with E-state index in [1.807, 2.05) is 0 Å². The Morgan fingerprint density at radius 2 is 2.13 bits per heavy atom. The lowest BCUT2D eigenvalue weighted by atomic mass is 9.86. The first kappa shape index (κ1) is 17.5. The molecule has 3 atom stereocenters. The second kappa shape index (κ2) is 7.59. The van der Waals surface area contributed by atoms with Crippen molar-refractivity contribution in [2.24, 2.45) is 5.92 Å². The van der Waals surface area contributed by atoms with Gasteiger partial charge in [-0.05, 0) is 36.6 Å². The number of hydrogen-bond donors (Lipinski definition) is 3. The SMILES string of the molecule is C/C=C1\[C@@H](C(=O)CCc2ccc(O)c(O)c2)C[C@H](OC)O[C@@H]1O. The zero-order valence-corrected chi connectivity index (χ0v) is 13.2. The molecule has 2 rings (SSSR count). The Morgan fingerprint density at radius 1 is 1.39 bits per heavy atom. The first-order valence-electron chi connectivity index (χ1n) is 7.52. The maximum absolute atomic E-state index is 12.5. The molecule has 0 aliphatic carbocycles. The van der Waals surface area contributed by atoms with Gasteiger partial charge < -0.3 is 24.8 Å². The van der Waals surface area contributed by atoms with Crippen LogP contribution in [0.5, 0.6) is 11.5 Å². The first-order valence-corrected chi connectivity index (χ1v) is 7.52. The monoisotopic (exact) mass is 322 g/mol. The molecule has 23 heavy (non-hydrogen) atoms. The number of aliphatic hydroxyl groups excluding tert-OH is 1. The van der Waals surface area contributed by atoms with Crippen molar-refractivity contribution < 1.29 is 29.6 Å². The topological polar surface area (TPSA) is 96.2 Å². The number of ketones is 1. The van der Waals surface area contributed by atoms with Gasteiger partial charge in [-0.1, -0.05) is 12.1 Å². The number of aryl methyl sites for hydroxylation is 1. The van der Waals surface area contributed by atoms with E-state index in [1.165, 1.54) is 19.2 Å². The number of aromatic hydroxyl groups is 2. The van der Waals surface area contributed by atoms with Crippen molar-refractivity contribution in [1.82, 2.24) is 0 Å². The van der Waals surface area contributed by atoms with Crippen molar-refractivity contribution >= 4 is 5.78 Å². The van der Waals surface area contributed by atoms with E-state index in [1.54, 1.807) is 19.1 Å². The molecule has 1 aliphatic rings. The average molecular weight is 322 g/mol. The van der Waals surface area contributed by atoms with E-state index in [0.717, 1.165) is 5.56 Å². The fourth-order valence-electron chi connectivity index (χ4n) is 2.76. The summed E-state index contributed by atoms with van der Waals surface area (Å²) in [6.07, 6.45) is 1.02. The summed E-state index contributed by atoms with van der Waals surface area (Å²) < 4.78 is 10.4. The highest BCUT2D eigenvalue weighted by molar-refractivity contribution is 5.84. The van der Waals surface area contributed by atoms with Crippen molar-refractivity contribution in [2.45, 2.75) is 38.8 Å². The number of benzene rings is 1. The number of carbonyl (C=O) groups excluding carboxylic acids is 1. The average Bonchev–Trinajstić information content (AvgIpc) is 2.54. The van der Waals surface area contributed by atoms with Crippen molar-refractivity contribution in [3.63, 3.8) is 0 Å². The number of hydrogen-bond acceptors (Lipinski definition) is 6. The van der Waals surface area contributed by atoms with Crippen LogP contribution in [-0.4, -0.2) is 40.8 Å². The Bertz CT molecular complexity index is 595. The maximum Gasteiger partial charge on any atom is 0.180 e. The van der Waals surface area contributed by atoms with E-state index < -0.39 is 18.5 Å². The van der Waals surface area contributed by atoms with Gasteiger partial charge in [-0.2, -0.15) is 0 Å². The van der Waals surface area contributed by atoms with Crippen LogP contribution in [0.1, 0.15) is 25.3 Å². The van der Waals surface area contributed by atoms with Gasteiger partial charge in [-0.25, -0.2) is 0 Å². The maximum atomic E-state index is 12.5. The molecule has 1 aliphatic heterocycles. The quantitative estimate of drug-likeness (QED) is 0.566. The van der Waals surface area contributed by atoms with Gasteiger partial charge in [0.2, 0.25) is 0 Å². The number of allylic oxidation sites excluding steroid dienone is 1. The minimum Gasteiger partial charge on any atom is -0.504 e. The van der Waals surface area contributed by atoms with E-state index in [0.29, 0.717) is 18.4 Å². The van der Waals surface area contributed by atoms with Crippen molar-refractivity contribution in [3.05, 3.63) is 35.4 Å². The largest absolute Gasteiger partial charge is 0.504 e. The first-order chi connectivity index (χ1) is 11.0. The summed E-state index contributed by atoms with van der Waals surface area (Å²) in [4.78, 5) is 12.5. The molecule has 0 spiro atoms. The number of ether oxygens (including phenoxy) is 2. The fraction of sp³-hybridized carbons (Fsp3) is 0.471. The zero-order chi connectivity index (χ0) is 17.0. The molecule has 1 saturated heterocycles. The van der Waals surface area contributed by atoms with Crippen LogP contribution in [0.25, 0.3) is 0 Å². The standard InChI is InChI=1S/C17H22O6/c1-3-11-12(9-16(22-2)23-17(11)21)13(18)6-4-10-5-7-14(19)15(20)8-10/h3,5,7-8,12,16-17,19-21H,4,6,9H2,1-2H3/b11-3+/t12-,16+,17-/m0/s1. The molecule has 0 aromatic heterocycles. The molecule has 0 bridgehead atoms. The zero-order valence-electron chi connectivity index (χ0n) is 13.2. The molecule has 6 nitrogen and oxygen atoms in total. The molecule has 0 amide bonds. The van der Waals surface area contributed by atoms with E-state index in [9.17, 15) is 20.1 Å². The minimum atomic E-state index is -1.13. The number of rotatable bonds is 5. The molecule has 1 aromatic carbocycles. The van der Waals surface area contributed by atoms with Gasteiger partial charge in [-0.15, -0.1) is 0 Å². The molecule has 1 aromatic rings. The Labute approximate surface area is 135 Å². The van der Waals surface area contributed by atoms with Gasteiger partial charge in [0.05, 0.1) is 0 Å². The molecule has 0 saturated carbocycles. The number of methoxy groups -OCH3 is 1. The molecule has 3 N–H and O–H groups in total. The summed E-state index contributed by atoms with van der Waals surface area (Å²) >= 11 is 0. The number of phenolic OH excluding ortho intramolecular Hbond substituents is 2. The van der Waals surface area contributed by atoms with Crippen LogP contribution in [0.3, 0.4) is 0 Å². The summed E-state index contributed by atoms with van der Waals surface area (Å²) in [6, 6.07) is 4.50. The van der Waals surface area contributed by atoms with Gasteiger partial charge in [-0.3, -0.25) is 4.79 Å². The van der Waals surface area contributed by atoms with E-state index in [2.05, 4.69) is 0 Å². The summed E-state index contributed by atoms with van der Waals surface area (Å²) in [7, 11) is 1.47. The van der Waals surface area contributed by atoms with E-state index >= 15 is 0 Å². The van der Waals surface area contributed by atoms with Gasteiger partial charge >= 0.3 is 0 Å². The molecule has 126 valence electrons. The summed E-state index contributed by atoms with van der Waals surface area (Å²) in [5.41, 5.74) is 1.31. The van der Waals surface area contributed by atoms with Crippen molar-refractivity contribution in [3.8, 4) is 11.5 Å². The lowest BCUT2D eigenvalue weighted by molar-refractivity contribution is -0.229. The number of Topliss-reactive ketones (excluding diaryl/α,β-unsaturated/α-hetero) is 1. The lowest BCUT2D eigenvalue weighted by Gasteiger charge is -2.33. The van der Waals surface area contributed by atoms with Crippen molar-refractivity contribution in [1.29, 1.82) is 0 Å². The Hall–Kier alpha value is -1.89. The molecule has 1 heterocycles. The summed E-state index contributed by atoms with van der Waals surface area (Å²) in [6.45, 7) is 1.76. The summed E-state index contributed by atoms with van der Waals surface area (Å²) in [5.74, 6) is -0.855. The second-order valence-corrected chi connectivity index (χ2v) is 5.52. The normalized spacial score (nSPS) is 26.4. The Kier molecular flexibility index (Phi) is 5.76. The highest BCUT2D eigenvalue weighted by Crippen LogP contribution is 2.32. The van der Waals surface area contributed by atoms with Gasteiger partial charge in [0.25, 0.3) is 0 Å². The van der Waals surface area contributed by atoms with Gasteiger partial charge in [0.15, 0.2) is 24.1 Å². The Morgan fingerprint density at radius 3 is 2.74 bits per heavy atom. The van der Waals surface area contributed by atoms with Crippen LogP contribution in [0.4, 0.5) is 0 Å². The van der Waals surface area contributed by atoms with Crippen LogP contribution < -0.4 is 0 Å². The number of carbonyl (C=O) groups is 1.